The van der Waals surface area contributed by atoms with E-state index < -0.39 is 0 Å². The van der Waals surface area contributed by atoms with Gasteiger partial charge in [0, 0.05) is 18.3 Å². The molecule has 0 aromatic heterocycles. The zero-order chi connectivity index (χ0) is 15.6. The number of rotatable bonds is 3. The van der Waals surface area contributed by atoms with Crippen LogP contribution < -0.4 is 15.4 Å². The van der Waals surface area contributed by atoms with E-state index in [1.54, 1.807) is 38.4 Å². The molecule has 21 heavy (non-hydrogen) atoms. The van der Waals surface area contributed by atoms with Crippen LogP contribution in [0.4, 0.5) is 11.4 Å². The highest BCUT2D eigenvalue weighted by atomic mass is 35.5. The number of methoxy groups -OCH3 is 1. The lowest BCUT2D eigenvalue weighted by molar-refractivity contribution is 0.0993. The van der Waals surface area contributed by atoms with Crippen LogP contribution in [-0.2, 0) is 0 Å². The van der Waals surface area contributed by atoms with E-state index in [0.29, 0.717) is 5.56 Å². The fourth-order valence-electron chi connectivity index (χ4n) is 1.82. The molecular weight excluding hydrogens is 311 g/mol. The molecule has 0 atom stereocenters. The van der Waals surface area contributed by atoms with E-state index in [-0.39, 0.29) is 21.6 Å². The molecule has 0 fully saturated rings. The van der Waals surface area contributed by atoms with Crippen molar-refractivity contribution in [3.63, 3.8) is 0 Å². The van der Waals surface area contributed by atoms with E-state index in [0.717, 1.165) is 11.4 Å². The van der Waals surface area contributed by atoms with Gasteiger partial charge in [-0.2, -0.15) is 0 Å². The van der Waals surface area contributed by atoms with Gasteiger partial charge in [0.15, 0.2) is 0 Å². The van der Waals surface area contributed by atoms with Gasteiger partial charge in [0.25, 0.3) is 5.91 Å². The zero-order valence-electron chi connectivity index (χ0n) is 11.6. The standard InChI is InChI=1S/C15H14Cl2N2O2/c1-19(10-3-5-11(21-2)6-4-10)15(20)9-7-12(16)14(18)13(17)8-9/h3-8H,18H2,1-2H3. The lowest BCUT2D eigenvalue weighted by atomic mass is 10.1. The van der Waals surface area contributed by atoms with Crippen molar-refractivity contribution < 1.29 is 9.53 Å². The molecule has 2 aromatic carbocycles. The second kappa shape index (κ2) is 6.24. The second-order valence-electron chi connectivity index (χ2n) is 4.42. The monoisotopic (exact) mass is 324 g/mol. The van der Waals surface area contributed by atoms with Gasteiger partial charge in [0.05, 0.1) is 22.8 Å². The van der Waals surface area contributed by atoms with Crippen molar-refractivity contribution in [1.82, 2.24) is 0 Å². The molecule has 4 nitrogen and oxygen atoms in total. The van der Waals surface area contributed by atoms with Crippen LogP contribution in [0.5, 0.6) is 5.75 Å². The first-order valence-corrected chi connectivity index (χ1v) is 6.86. The highest BCUT2D eigenvalue weighted by molar-refractivity contribution is 6.39. The third kappa shape index (κ3) is 3.23. The number of anilines is 2. The van der Waals surface area contributed by atoms with Crippen LogP contribution in [0.15, 0.2) is 36.4 Å². The highest BCUT2D eigenvalue weighted by Gasteiger charge is 2.16. The van der Waals surface area contributed by atoms with Gasteiger partial charge in [-0.1, -0.05) is 23.2 Å². The summed E-state index contributed by atoms with van der Waals surface area (Å²) in [7, 11) is 3.25. The summed E-state index contributed by atoms with van der Waals surface area (Å²) in [6.07, 6.45) is 0. The highest BCUT2D eigenvalue weighted by Crippen LogP contribution is 2.30. The van der Waals surface area contributed by atoms with Crippen LogP contribution in [0, 0.1) is 0 Å². The molecule has 0 aliphatic rings. The van der Waals surface area contributed by atoms with Crippen molar-refractivity contribution in [2.24, 2.45) is 0 Å². The summed E-state index contributed by atoms with van der Waals surface area (Å²) in [5, 5.41) is 0.517. The maximum atomic E-state index is 12.5. The molecule has 0 bridgehead atoms. The number of amides is 1. The number of hydrogen-bond donors (Lipinski definition) is 1. The molecule has 2 rings (SSSR count). The Morgan fingerprint density at radius 1 is 1.14 bits per heavy atom. The minimum Gasteiger partial charge on any atom is -0.497 e. The molecule has 6 heteroatoms. The molecule has 0 radical (unpaired) electrons. The van der Waals surface area contributed by atoms with Gasteiger partial charge >= 0.3 is 0 Å². The van der Waals surface area contributed by atoms with Crippen LogP contribution in [0.3, 0.4) is 0 Å². The number of nitrogens with zero attached hydrogens (tertiary/aromatic N) is 1. The smallest absolute Gasteiger partial charge is 0.258 e. The molecule has 0 saturated carbocycles. The van der Waals surface area contributed by atoms with Gasteiger partial charge in [-0.25, -0.2) is 0 Å². The Hall–Kier alpha value is -1.91. The maximum Gasteiger partial charge on any atom is 0.258 e. The molecule has 0 aliphatic carbocycles. The average molecular weight is 325 g/mol. The Kier molecular flexibility index (Phi) is 4.60. The third-order valence-corrected chi connectivity index (χ3v) is 3.72. The van der Waals surface area contributed by atoms with Crippen LogP contribution in [0.1, 0.15) is 10.4 Å². The van der Waals surface area contributed by atoms with Crippen LogP contribution in [-0.4, -0.2) is 20.1 Å². The number of benzene rings is 2. The zero-order valence-corrected chi connectivity index (χ0v) is 13.1. The maximum absolute atomic E-state index is 12.5. The molecular formula is C15H14Cl2N2O2. The van der Waals surface area contributed by atoms with Gasteiger partial charge in [-0.3, -0.25) is 4.79 Å². The van der Waals surface area contributed by atoms with Gasteiger partial charge in [-0.15, -0.1) is 0 Å². The van der Waals surface area contributed by atoms with Crippen molar-refractivity contribution >= 4 is 40.5 Å². The number of halogens is 2. The summed E-state index contributed by atoms with van der Waals surface area (Å²) in [5.74, 6) is 0.488. The van der Waals surface area contributed by atoms with Crippen LogP contribution >= 0.6 is 23.2 Å². The number of carbonyl (C=O) groups excluding carboxylic acids is 1. The Morgan fingerprint density at radius 2 is 1.67 bits per heavy atom. The van der Waals surface area contributed by atoms with Gasteiger partial charge in [-0.05, 0) is 36.4 Å². The molecule has 110 valence electrons. The first kappa shape index (κ1) is 15.5. The lowest BCUT2D eigenvalue weighted by Crippen LogP contribution is -2.26. The van der Waals surface area contributed by atoms with Gasteiger partial charge in [0.2, 0.25) is 0 Å². The molecule has 2 N–H and O–H groups in total. The summed E-state index contributed by atoms with van der Waals surface area (Å²) < 4.78 is 5.09. The van der Waals surface area contributed by atoms with Crippen molar-refractivity contribution in [3.8, 4) is 5.75 Å². The van der Waals surface area contributed by atoms with Crippen molar-refractivity contribution in [2.75, 3.05) is 24.8 Å². The number of hydrogen-bond acceptors (Lipinski definition) is 3. The lowest BCUT2D eigenvalue weighted by Gasteiger charge is -2.18. The molecule has 0 unspecified atom stereocenters. The second-order valence-corrected chi connectivity index (χ2v) is 5.23. The molecule has 0 saturated heterocycles. The summed E-state index contributed by atoms with van der Waals surface area (Å²) >= 11 is 11.9. The van der Waals surface area contributed by atoms with E-state index in [9.17, 15) is 4.79 Å². The molecule has 0 aliphatic heterocycles. The van der Waals surface area contributed by atoms with E-state index >= 15 is 0 Å². The predicted octanol–water partition coefficient (Wildman–Crippen LogP) is 3.86. The Morgan fingerprint density at radius 3 is 2.14 bits per heavy atom. The van der Waals surface area contributed by atoms with Crippen LogP contribution in [0.25, 0.3) is 0 Å². The Balaban J connectivity index is 2.30. The van der Waals surface area contributed by atoms with E-state index in [1.807, 2.05) is 0 Å². The summed E-state index contributed by atoms with van der Waals surface area (Å²) in [5.41, 5.74) is 7.03. The first-order chi connectivity index (χ1) is 9.93. The molecule has 0 heterocycles. The largest absolute Gasteiger partial charge is 0.497 e. The van der Waals surface area contributed by atoms with Crippen LogP contribution in [0.2, 0.25) is 10.0 Å². The minimum absolute atomic E-state index is 0.232. The van der Waals surface area contributed by atoms with E-state index in [2.05, 4.69) is 0 Å². The predicted molar refractivity (Wildman–Crippen MR) is 86.6 cm³/mol. The van der Waals surface area contributed by atoms with Crippen molar-refractivity contribution in [3.05, 3.63) is 52.0 Å². The average Bonchev–Trinajstić information content (AvgIpc) is 2.50. The molecule has 2 aromatic rings. The normalized spacial score (nSPS) is 10.3. The third-order valence-electron chi connectivity index (χ3n) is 3.09. The fraction of sp³-hybridized carbons (Fsp3) is 0.133. The minimum atomic E-state index is -0.232. The number of carbonyl (C=O) groups is 1. The Bertz CT molecular complexity index is 649. The van der Waals surface area contributed by atoms with E-state index in [1.165, 1.54) is 17.0 Å². The number of ether oxygens (including phenoxy) is 1. The fourth-order valence-corrected chi connectivity index (χ4v) is 2.31. The van der Waals surface area contributed by atoms with Crippen molar-refractivity contribution in [2.45, 2.75) is 0 Å². The molecule has 0 spiro atoms. The first-order valence-electron chi connectivity index (χ1n) is 6.10. The summed E-state index contributed by atoms with van der Waals surface area (Å²) in [4.78, 5) is 13.9. The Labute approximate surface area is 133 Å². The van der Waals surface area contributed by atoms with Crippen molar-refractivity contribution in [1.29, 1.82) is 0 Å². The quantitative estimate of drug-likeness (QED) is 0.872. The van der Waals surface area contributed by atoms with Gasteiger partial charge < -0.3 is 15.4 Å². The summed E-state index contributed by atoms with van der Waals surface area (Å²) in [6.45, 7) is 0. The van der Waals surface area contributed by atoms with E-state index in [4.69, 9.17) is 33.7 Å². The number of nitrogen functional groups attached to an aromatic ring is 1. The number of nitrogens with two attached hydrogens (primary N) is 1. The SMILES string of the molecule is COc1ccc(N(C)C(=O)c2cc(Cl)c(N)c(Cl)c2)cc1. The molecule has 1 amide bonds. The summed E-state index contributed by atoms with van der Waals surface area (Å²) in [6, 6.07) is 10.1. The van der Waals surface area contributed by atoms with Gasteiger partial charge in [0.1, 0.15) is 5.75 Å². The topological polar surface area (TPSA) is 55.6 Å².